The molecule has 0 fully saturated rings. The second kappa shape index (κ2) is 28.1. The molecule has 0 saturated carbocycles. The number of Topliss-reactive ketones (excluding diaryl/α,β-unsaturated/α-hetero) is 1. The summed E-state index contributed by atoms with van der Waals surface area (Å²) in [5.41, 5.74) is 7.18. The summed E-state index contributed by atoms with van der Waals surface area (Å²) in [7, 11) is -1.00. The SMILES string of the molecule is CCOC(=O)CCC(Br)C(=O)c1ccccn1.CCOC(=O)CCc1sc(NCc2ncccn2)nc1-c1ccccn1.NC(=S)NCc1ncccn1.[2H]CF. The highest BCUT2D eigenvalue weighted by Gasteiger charge is 2.19. The molecule has 0 saturated heterocycles. The minimum atomic E-state index is -1.00. The molecule has 5 heterocycles. The third-order valence-corrected chi connectivity index (χ3v) is 8.72. The number of thiazole rings is 1. The number of rotatable bonds is 16. The number of nitrogens with two attached hydrogens (primary N) is 1. The van der Waals surface area contributed by atoms with E-state index in [9.17, 15) is 18.8 Å². The summed E-state index contributed by atoms with van der Waals surface area (Å²) in [5, 5.41) is 7.00. The zero-order valence-electron chi connectivity index (χ0n) is 31.8. The molecule has 15 nitrogen and oxygen atoms in total. The Kier molecular flexibility index (Phi) is 22.6. The number of halogens is 2. The van der Waals surface area contributed by atoms with E-state index < -0.39 is 12.0 Å². The fourth-order valence-corrected chi connectivity index (χ4v) is 5.69. The van der Waals surface area contributed by atoms with E-state index in [1.165, 1.54) is 11.3 Å². The van der Waals surface area contributed by atoms with Gasteiger partial charge >= 0.3 is 11.9 Å². The van der Waals surface area contributed by atoms with Gasteiger partial charge in [-0.3, -0.25) is 28.7 Å². The Morgan fingerprint density at radius 3 is 1.95 bits per heavy atom. The smallest absolute Gasteiger partial charge is 0.306 e. The zero-order chi connectivity index (χ0) is 41.7. The molecule has 0 aromatic carbocycles. The van der Waals surface area contributed by atoms with Crippen LogP contribution in [0.25, 0.3) is 11.4 Å². The molecule has 4 N–H and O–H groups in total. The van der Waals surface area contributed by atoms with Gasteiger partial charge in [0.25, 0.3) is 0 Å². The summed E-state index contributed by atoms with van der Waals surface area (Å²) in [6, 6.07) is 14.4. The van der Waals surface area contributed by atoms with E-state index in [-0.39, 0.29) is 29.3 Å². The number of nitrogens with one attached hydrogen (secondary N) is 2. The Balaban J connectivity index is 0.000000310. The lowest BCUT2D eigenvalue weighted by Crippen LogP contribution is -2.29. The number of ether oxygens (including phenoxy) is 2. The van der Waals surface area contributed by atoms with Crippen LogP contribution >= 0.6 is 39.5 Å². The van der Waals surface area contributed by atoms with Crippen molar-refractivity contribution >= 4 is 67.5 Å². The number of thiocarbonyl (C=S) groups is 1. The first-order valence-corrected chi connectivity index (χ1v) is 19.2. The summed E-state index contributed by atoms with van der Waals surface area (Å²) in [4.78, 5) is 64.6. The Bertz CT molecular complexity index is 1890. The molecule has 0 bridgehead atoms. The van der Waals surface area contributed by atoms with Crippen LogP contribution in [0, 0.1) is 0 Å². The van der Waals surface area contributed by atoms with E-state index in [2.05, 4.69) is 73.7 Å². The maximum Gasteiger partial charge on any atom is 0.306 e. The maximum absolute atomic E-state index is 11.9. The predicted octanol–water partition coefficient (Wildman–Crippen LogP) is 5.87. The van der Waals surface area contributed by atoms with Crippen LogP contribution in [0.4, 0.5) is 9.52 Å². The number of hydrogen-bond donors (Lipinski definition) is 3. The second-order valence-corrected chi connectivity index (χ2v) is 13.2. The molecule has 0 amide bonds. The van der Waals surface area contributed by atoms with Crippen molar-refractivity contribution in [1.82, 2.24) is 40.2 Å². The third kappa shape index (κ3) is 18.8. The summed E-state index contributed by atoms with van der Waals surface area (Å²) < 4.78 is 25.3. The molecule has 0 spiro atoms. The molecular weight excluding hydrogens is 828 g/mol. The number of esters is 2. The summed E-state index contributed by atoms with van der Waals surface area (Å²) in [6.07, 6.45) is 11.6. The molecule has 0 aliphatic carbocycles. The van der Waals surface area contributed by atoms with Gasteiger partial charge < -0.3 is 25.8 Å². The number of carbonyl (C=O) groups excluding carboxylic acids is 3. The van der Waals surface area contributed by atoms with Crippen molar-refractivity contribution < 1.29 is 29.6 Å². The van der Waals surface area contributed by atoms with Crippen LogP contribution in [0.2, 0.25) is 0 Å². The Labute approximate surface area is 344 Å². The van der Waals surface area contributed by atoms with Gasteiger partial charge in [0, 0.05) is 48.5 Å². The van der Waals surface area contributed by atoms with Crippen LogP contribution in [-0.2, 0) is 38.6 Å². The number of aromatic nitrogens is 7. The first-order chi connectivity index (χ1) is 27.6. The molecule has 298 valence electrons. The van der Waals surface area contributed by atoms with Crippen LogP contribution in [0.15, 0.2) is 85.7 Å². The fourth-order valence-electron chi connectivity index (χ4n) is 4.19. The molecule has 0 aliphatic rings. The normalized spacial score (nSPS) is 10.6. The van der Waals surface area contributed by atoms with Crippen molar-refractivity contribution in [3.05, 3.63) is 108 Å². The lowest BCUT2D eigenvalue weighted by atomic mass is 10.1. The van der Waals surface area contributed by atoms with Crippen LogP contribution in [0.3, 0.4) is 0 Å². The Morgan fingerprint density at radius 1 is 0.857 bits per heavy atom. The van der Waals surface area contributed by atoms with Crippen LogP contribution < -0.4 is 16.4 Å². The number of carbonyl (C=O) groups is 3. The summed E-state index contributed by atoms with van der Waals surface area (Å²) >= 11 is 9.38. The average molecular weight is 873 g/mol. The highest BCUT2D eigenvalue weighted by Crippen LogP contribution is 2.31. The van der Waals surface area contributed by atoms with E-state index in [1.807, 2.05) is 18.2 Å². The number of pyridine rings is 2. The minimum Gasteiger partial charge on any atom is -0.466 e. The number of nitrogens with zero attached hydrogens (tertiary/aromatic N) is 7. The van der Waals surface area contributed by atoms with Gasteiger partial charge in [0.1, 0.15) is 23.0 Å². The van der Waals surface area contributed by atoms with Crippen LogP contribution in [-0.4, -0.2) is 82.9 Å². The fraction of sp³-hybridized carbons (Fsp3) is 0.324. The quantitative estimate of drug-likeness (QED) is 0.0458. The molecule has 5 aromatic heterocycles. The summed E-state index contributed by atoms with van der Waals surface area (Å²) in [5.74, 6) is 0.760. The Morgan fingerprint density at radius 2 is 1.41 bits per heavy atom. The van der Waals surface area contributed by atoms with Gasteiger partial charge in [-0.25, -0.2) is 24.9 Å². The molecule has 56 heavy (non-hydrogen) atoms. The van der Waals surface area contributed by atoms with Crippen molar-refractivity contribution in [3.8, 4) is 11.4 Å². The second-order valence-electron chi connectivity index (χ2n) is 10.6. The number of aryl methyl sites for hydroxylation is 1. The lowest BCUT2D eigenvalue weighted by Gasteiger charge is -2.07. The molecule has 1 atom stereocenters. The highest BCUT2D eigenvalue weighted by molar-refractivity contribution is 9.10. The van der Waals surface area contributed by atoms with Gasteiger partial charge in [-0.1, -0.05) is 28.1 Å². The Hall–Kier alpha value is -5.40. The monoisotopic (exact) mass is 871 g/mol. The van der Waals surface area contributed by atoms with Crippen molar-refractivity contribution in [2.75, 3.05) is 25.7 Å². The topological polar surface area (TPSA) is 210 Å². The van der Waals surface area contributed by atoms with Crippen LogP contribution in [0.5, 0.6) is 0 Å². The molecule has 1 unspecified atom stereocenters. The van der Waals surface area contributed by atoms with Gasteiger partial charge in [-0.05, 0) is 75.3 Å². The van der Waals surface area contributed by atoms with Gasteiger partial charge in [0.2, 0.25) is 0 Å². The van der Waals surface area contributed by atoms with E-state index in [1.54, 1.807) is 81.4 Å². The van der Waals surface area contributed by atoms with Crippen molar-refractivity contribution in [1.29, 1.82) is 0 Å². The van der Waals surface area contributed by atoms with E-state index in [4.69, 9.17) is 16.6 Å². The standard InChI is InChI=1S/C18H19N5O2S.C12H14BrNO3.C6H8N4S.CH3F/c1-2-25-16(24)8-7-14-17(13-6-3-4-9-19-13)23-18(26-14)22-12-15-20-10-5-11-21-15;1-2-17-11(15)7-6-9(13)12(16)10-5-3-4-8-14-10;7-6(11)10-4-5-8-2-1-3-9-5;1-2/h3-6,9-11H,2,7-8,12H2,1H3,(H,22,23);3-5,8-9H,2,6-7H2,1H3;1-3H,4H2,(H3,7,10,11);1H3/i;;;1D. The first kappa shape index (κ1) is 45.0. The van der Waals surface area contributed by atoms with Gasteiger partial charge in [-0.2, -0.15) is 0 Å². The van der Waals surface area contributed by atoms with Gasteiger partial charge in [0.15, 0.2) is 16.0 Å². The highest BCUT2D eigenvalue weighted by atomic mass is 79.9. The van der Waals surface area contributed by atoms with E-state index in [0.717, 1.165) is 21.4 Å². The molecule has 5 rings (SSSR count). The number of hydrogen-bond acceptors (Lipinski definition) is 15. The maximum atomic E-state index is 11.9. The largest absolute Gasteiger partial charge is 0.466 e. The number of ketones is 1. The zero-order valence-corrected chi connectivity index (χ0v) is 34.1. The van der Waals surface area contributed by atoms with E-state index in [0.29, 0.717) is 62.9 Å². The minimum absolute atomic E-state index is 0.116. The number of anilines is 1. The average Bonchev–Trinajstić information content (AvgIpc) is 3.66. The van der Waals surface area contributed by atoms with Gasteiger partial charge in [0.05, 0.1) is 51.8 Å². The summed E-state index contributed by atoms with van der Waals surface area (Å²) in [6.45, 7) is 5.27. The lowest BCUT2D eigenvalue weighted by molar-refractivity contribution is -0.144. The van der Waals surface area contributed by atoms with Gasteiger partial charge in [-0.15, -0.1) is 11.3 Å². The molecule has 19 heteroatoms. The molecule has 0 radical (unpaired) electrons. The van der Waals surface area contributed by atoms with E-state index >= 15 is 0 Å². The first-order valence-electron chi connectivity index (χ1n) is 17.8. The van der Waals surface area contributed by atoms with Crippen LogP contribution in [0.1, 0.15) is 61.5 Å². The van der Waals surface area contributed by atoms with Crippen molar-refractivity contribution in [3.63, 3.8) is 0 Å². The van der Waals surface area contributed by atoms with Crippen molar-refractivity contribution in [2.45, 2.75) is 57.4 Å². The third-order valence-electron chi connectivity index (χ3n) is 6.63. The van der Waals surface area contributed by atoms with Crippen molar-refractivity contribution in [2.24, 2.45) is 5.73 Å². The molecule has 5 aromatic rings. The molecular formula is C37H44BrFN10O5S2. The molecule has 0 aliphatic heterocycles. The number of alkyl halides is 2. The predicted molar refractivity (Wildman–Crippen MR) is 219 cm³/mol.